The maximum absolute atomic E-state index is 9.98. The van der Waals surface area contributed by atoms with Crippen LogP contribution < -0.4 is 4.90 Å². The third-order valence-electron chi connectivity index (χ3n) is 3.85. The van der Waals surface area contributed by atoms with Gasteiger partial charge in [-0.1, -0.05) is 48.5 Å². The molecule has 0 amide bonds. The van der Waals surface area contributed by atoms with Crippen molar-refractivity contribution in [3.8, 4) is 0 Å². The molecule has 1 fully saturated rings. The topological polar surface area (TPSA) is 23.5 Å². The highest BCUT2D eigenvalue weighted by Gasteiger charge is 2.28. The second-order valence-corrected chi connectivity index (χ2v) is 5.13. The van der Waals surface area contributed by atoms with Crippen molar-refractivity contribution in [1.29, 1.82) is 0 Å². The summed E-state index contributed by atoms with van der Waals surface area (Å²) in [6.45, 7) is 0.907. The van der Waals surface area contributed by atoms with E-state index in [-0.39, 0.29) is 12.1 Å². The fourth-order valence-electron chi connectivity index (χ4n) is 2.87. The lowest BCUT2D eigenvalue weighted by atomic mass is 9.93. The van der Waals surface area contributed by atoms with Gasteiger partial charge < -0.3 is 10.0 Å². The predicted octanol–water partition coefficient (Wildman–Crippen LogP) is 3.39. The highest BCUT2D eigenvalue weighted by atomic mass is 16.3. The van der Waals surface area contributed by atoms with Crippen LogP contribution in [0, 0.1) is 0 Å². The lowest BCUT2D eigenvalue weighted by Crippen LogP contribution is -2.38. The third-order valence-corrected chi connectivity index (χ3v) is 3.85. The van der Waals surface area contributed by atoms with Crippen molar-refractivity contribution >= 4 is 5.69 Å². The van der Waals surface area contributed by atoms with E-state index in [1.54, 1.807) is 0 Å². The molecular formula is C17H19NO. The van der Waals surface area contributed by atoms with Crippen LogP contribution in [0.2, 0.25) is 0 Å². The molecule has 2 nitrogen and oxygen atoms in total. The first-order valence-electron chi connectivity index (χ1n) is 6.89. The van der Waals surface area contributed by atoms with Gasteiger partial charge in [-0.2, -0.15) is 0 Å². The molecule has 0 radical (unpaired) electrons. The van der Waals surface area contributed by atoms with Crippen LogP contribution in [-0.2, 0) is 0 Å². The van der Waals surface area contributed by atoms with Gasteiger partial charge in [0, 0.05) is 12.2 Å². The first-order valence-corrected chi connectivity index (χ1v) is 6.89. The third kappa shape index (κ3) is 2.64. The number of benzene rings is 2. The summed E-state index contributed by atoms with van der Waals surface area (Å²) in [6.07, 6.45) is 1.46. The first kappa shape index (κ1) is 12.2. The molecule has 1 aliphatic heterocycles. The van der Waals surface area contributed by atoms with Crippen LogP contribution in [0.5, 0.6) is 0 Å². The van der Waals surface area contributed by atoms with Crippen molar-refractivity contribution in [3.63, 3.8) is 0 Å². The van der Waals surface area contributed by atoms with E-state index in [9.17, 15) is 5.11 Å². The van der Waals surface area contributed by atoms with Crippen molar-refractivity contribution in [2.45, 2.75) is 25.0 Å². The molecule has 0 aromatic heterocycles. The maximum atomic E-state index is 9.98. The highest BCUT2D eigenvalue weighted by Crippen LogP contribution is 2.34. The van der Waals surface area contributed by atoms with Gasteiger partial charge in [0.15, 0.2) is 0 Å². The fourth-order valence-corrected chi connectivity index (χ4v) is 2.87. The van der Waals surface area contributed by atoms with Gasteiger partial charge in [-0.15, -0.1) is 0 Å². The summed E-state index contributed by atoms with van der Waals surface area (Å²) in [5.41, 5.74) is 2.52. The minimum atomic E-state index is -0.190. The summed E-state index contributed by atoms with van der Waals surface area (Å²) >= 11 is 0. The SMILES string of the molecule is O[C@H]1CCN(c2ccccc2)[C@H](c2ccccc2)C1. The molecule has 2 aromatic rings. The first-order chi connectivity index (χ1) is 9.34. The Labute approximate surface area is 114 Å². The van der Waals surface area contributed by atoms with Crippen molar-refractivity contribution in [3.05, 3.63) is 66.2 Å². The Balaban J connectivity index is 1.93. The quantitative estimate of drug-likeness (QED) is 0.886. The van der Waals surface area contributed by atoms with Gasteiger partial charge in [-0.25, -0.2) is 0 Å². The van der Waals surface area contributed by atoms with Crippen LogP contribution >= 0.6 is 0 Å². The Morgan fingerprint density at radius 1 is 0.895 bits per heavy atom. The minimum Gasteiger partial charge on any atom is -0.393 e. The molecule has 0 saturated carbocycles. The van der Waals surface area contributed by atoms with E-state index in [2.05, 4.69) is 53.4 Å². The molecule has 2 atom stereocenters. The van der Waals surface area contributed by atoms with Gasteiger partial charge in [0.1, 0.15) is 0 Å². The molecule has 0 aliphatic carbocycles. The van der Waals surface area contributed by atoms with Gasteiger partial charge in [-0.3, -0.25) is 0 Å². The summed E-state index contributed by atoms with van der Waals surface area (Å²) in [7, 11) is 0. The van der Waals surface area contributed by atoms with Gasteiger partial charge >= 0.3 is 0 Å². The largest absolute Gasteiger partial charge is 0.393 e. The Hall–Kier alpha value is -1.80. The minimum absolute atomic E-state index is 0.190. The maximum Gasteiger partial charge on any atom is 0.0580 e. The molecule has 0 spiro atoms. The summed E-state index contributed by atoms with van der Waals surface area (Å²) < 4.78 is 0. The zero-order chi connectivity index (χ0) is 13.1. The van der Waals surface area contributed by atoms with Crippen molar-refractivity contribution in [2.75, 3.05) is 11.4 Å². The van der Waals surface area contributed by atoms with E-state index < -0.39 is 0 Å². The number of anilines is 1. The molecule has 0 unspecified atom stereocenters. The Morgan fingerprint density at radius 3 is 2.21 bits per heavy atom. The second-order valence-electron chi connectivity index (χ2n) is 5.13. The Kier molecular flexibility index (Phi) is 3.51. The van der Waals surface area contributed by atoms with Crippen LogP contribution in [0.4, 0.5) is 5.69 Å². The van der Waals surface area contributed by atoms with Crippen LogP contribution in [0.1, 0.15) is 24.4 Å². The number of aliphatic hydroxyl groups excluding tert-OH is 1. The number of para-hydroxylation sites is 1. The molecular weight excluding hydrogens is 234 g/mol. The predicted molar refractivity (Wildman–Crippen MR) is 78.2 cm³/mol. The molecule has 1 aliphatic rings. The number of rotatable bonds is 2. The number of hydrogen-bond acceptors (Lipinski definition) is 2. The molecule has 0 bridgehead atoms. The van der Waals surface area contributed by atoms with E-state index in [4.69, 9.17) is 0 Å². The van der Waals surface area contributed by atoms with Crippen LogP contribution in [-0.4, -0.2) is 17.8 Å². The molecule has 98 valence electrons. The zero-order valence-electron chi connectivity index (χ0n) is 10.9. The molecule has 19 heavy (non-hydrogen) atoms. The van der Waals surface area contributed by atoms with E-state index in [1.807, 2.05) is 12.1 Å². The number of piperidine rings is 1. The highest BCUT2D eigenvalue weighted by molar-refractivity contribution is 5.49. The van der Waals surface area contributed by atoms with Gasteiger partial charge in [0.2, 0.25) is 0 Å². The van der Waals surface area contributed by atoms with Crippen molar-refractivity contribution < 1.29 is 5.11 Å². The zero-order valence-corrected chi connectivity index (χ0v) is 10.9. The Bertz CT molecular complexity index is 511. The molecule has 1 saturated heterocycles. The summed E-state index contributed by atoms with van der Waals surface area (Å²) in [6, 6.07) is 21.2. The summed E-state index contributed by atoms with van der Waals surface area (Å²) in [5, 5.41) is 9.98. The van der Waals surface area contributed by atoms with Crippen LogP contribution in [0.15, 0.2) is 60.7 Å². The monoisotopic (exact) mass is 253 g/mol. The molecule has 1 heterocycles. The average molecular weight is 253 g/mol. The van der Waals surface area contributed by atoms with E-state index in [0.29, 0.717) is 0 Å². The van der Waals surface area contributed by atoms with Crippen LogP contribution in [0.25, 0.3) is 0 Å². The smallest absolute Gasteiger partial charge is 0.0580 e. The number of nitrogens with zero attached hydrogens (tertiary/aromatic N) is 1. The molecule has 2 heteroatoms. The van der Waals surface area contributed by atoms with E-state index >= 15 is 0 Å². The molecule has 1 N–H and O–H groups in total. The van der Waals surface area contributed by atoms with Gasteiger partial charge in [0.25, 0.3) is 0 Å². The molecule has 3 rings (SSSR count). The Morgan fingerprint density at radius 2 is 1.53 bits per heavy atom. The summed E-state index contributed by atoms with van der Waals surface area (Å²) in [5.74, 6) is 0. The van der Waals surface area contributed by atoms with Crippen molar-refractivity contribution in [1.82, 2.24) is 0 Å². The fraction of sp³-hybridized carbons (Fsp3) is 0.294. The van der Waals surface area contributed by atoms with E-state index in [1.165, 1.54) is 11.3 Å². The molecule has 2 aromatic carbocycles. The van der Waals surface area contributed by atoms with Gasteiger partial charge in [-0.05, 0) is 30.5 Å². The summed E-state index contributed by atoms with van der Waals surface area (Å²) in [4.78, 5) is 2.40. The lowest BCUT2D eigenvalue weighted by Gasteiger charge is -2.40. The van der Waals surface area contributed by atoms with Crippen molar-refractivity contribution in [2.24, 2.45) is 0 Å². The second kappa shape index (κ2) is 5.45. The number of hydrogen-bond donors (Lipinski definition) is 1. The average Bonchev–Trinajstić information content (AvgIpc) is 2.49. The number of aliphatic hydroxyl groups is 1. The van der Waals surface area contributed by atoms with Crippen LogP contribution in [0.3, 0.4) is 0 Å². The normalized spacial score (nSPS) is 23.3. The van der Waals surface area contributed by atoms with Gasteiger partial charge in [0.05, 0.1) is 12.1 Å². The van der Waals surface area contributed by atoms with E-state index in [0.717, 1.165) is 19.4 Å². The lowest BCUT2D eigenvalue weighted by molar-refractivity contribution is 0.128. The standard InChI is InChI=1S/C17H19NO/c19-16-11-12-18(15-9-5-2-6-10-15)17(13-16)14-7-3-1-4-8-14/h1-10,16-17,19H,11-13H2/t16-,17-/m0/s1.